The maximum Gasteiger partial charge on any atom is 0.407 e. The molecule has 0 aliphatic heterocycles. The Morgan fingerprint density at radius 3 is 2.86 bits per heavy atom. The van der Waals surface area contributed by atoms with Gasteiger partial charge in [-0.25, -0.2) is 14.8 Å². The van der Waals surface area contributed by atoms with Crippen molar-refractivity contribution in [3.05, 3.63) is 36.0 Å². The van der Waals surface area contributed by atoms with Gasteiger partial charge in [-0.2, -0.15) is 9.37 Å². The molecular weight excluding hydrogens is 465 g/mol. The fourth-order valence-electron chi connectivity index (χ4n) is 3.82. The van der Waals surface area contributed by atoms with Gasteiger partial charge in [0.1, 0.15) is 11.9 Å². The van der Waals surface area contributed by atoms with E-state index in [0.717, 1.165) is 30.6 Å². The number of nitrogens with zero attached hydrogens (tertiary/aromatic N) is 4. The molecule has 4 N–H and O–H groups in total. The van der Waals surface area contributed by atoms with Gasteiger partial charge in [0.15, 0.2) is 0 Å². The van der Waals surface area contributed by atoms with Crippen molar-refractivity contribution in [3.63, 3.8) is 0 Å². The summed E-state index contributed by atoms with van der Waals surface area (Å²) in [5.41, 5.74) is 1.14. The van der Waals surface area contributed by atoms with Crippen LogP contribution in [0.3, 0.4) is 0 Å². The number of nitrogens with one attached hydrogen (secondary N) is 3. The molecule has 1 fully saturated rings. The molecule has 2 amide bonds. The average molecular weight is 498 g/mol. The van der Waals surface area contributed by atoms with E-state index in [1.807, 2.05) is 6.92 Å². The summed E-state index contributed by atoms with van der Waals surface area (Å²) >= 11 is 0. The molecule has 3 rings (SSSR count). The van der Waals surface area contributed by atoms with E-state index in [1.54, 1.807) is 19.2 Å². The number of pyridine rings is 1. The van der Waals surface area contributed by atoms with Crippen LogP contribution < -0.4 is 16.0 Å². The molecule has 36 heavy (non-hydrogen) atoms. The van der Waals surface area contributed by atoms with Crippen molar-refractivity contribution >= 4 is 29.5 Å². The van der Waals surface area contributed by atoms with Crippen LogP contribution in [0.2, 0.25) is 0 Å². The standard InChI is InChI=1S/C25H32FN7O3/c1-4-11-28-22-18(15-29-24(32-22)31-20-10-12-27-21(26)14-20)9-8-17-6-5-7-19(13-17)30-23(34)16(2)33(3)25(35)36/h10,12,14-17,19H,4-7,11,13H2,1-3H3,(H,30,34)(H,35,36)(H2,27,28,29,31,32)/t16-,17-,19-/m0/s1. The second-order valence-electron chi connectivity index (χ2n) is 8.78. The number of carboxylic acid groups (broad SMARTS) is 1. The second-order valence-corrected chi connectivity index (χ2v) is 8.78. The van der Waals surface area contributed by atoms with Gasteiger partial charge in [-0.05, 0) is 38.7 Å². The first-order valence-corrected chi connectivity index (χ1v) is 12.0. The monoisotopic (exact) mass is 497 g/mol. The molecule has 0 bridgehead atoms. The lowest BCUT2D eigenvalue weighted by molar-refractivity contribution is -0.125. The van der Waals surface area contributed by atoms with Gasteiger partial charge in [-0.15, -0.1) is 0 Å². The summed E-state index contributed by atoms with van der Waals surface area (Å²) < 4.78 is 13.4. The molecule has 1 aliphatic rings. The predicted molar refractivity (Wildman–Crippen MR) is 134 cm³/mol. The minimum absolute atomic E-state index is 0.0588. The van der Waals surface area contributed by atoms with Gasteiger partial charge < -0.3 is 21.1 Å². The number of hydrogen-bond acceptors (Lipinski definition) is 7. The van der Waals surface area contributed by atoms with Crippen LogP contribution >= 0.6 is 0 Å². The lowest BCUT2D eigenvalue weighted by Crippen LogP contribution is -2.49. The number of rotatable bonds is 8. The average Bonchev–Trinajstić information content (AvgIpc) is 2.86. The zero-order valence-electron chi connectivity index (χ0n) is 20.7. The Morgan fingerprint density at radius 1 is 1.33 bits per heavy atom. The van der Waals surface area contributed by atoms with Crippen LogP contribution in [0.15, 0.2) is 24.5 Å². The van der Waals surface area contributed by atoms with Crippen molar-refractivity contribution in [3.8, 4) is 11.8 Å². The topological polar surface area (TPSA) is 132 Å². The van der Waals surface area contributed by atoms with E-state index in [2.05, 4.69) is 42.7 Å². The minimum Gasteiger partial charge on any atom is -0.465 e. The summed E-state index contributed by atoms with van der Waals surface area (Å²) in [5, 5.41) is 18.3. The first-order valence-electron chi connectivity index (χ1n) is 12.0. The summed E-state index contributed by atoms with van der Waals surface area (Å²) in [7, 11) is 1.38. The van der Waals surface area contributed by atoms with Crippen molar-refractivity contribution in [2.24, 2.45) is 5.92 Å². The Morgan fingerprint density at radius 2 is 2.14 bits per heavy atom. The SMILES string of the molecule is CCCNc1nc(Nc2ccnc(F)c2)ncc1C#C[C@@H]1CCC[C@H](NC(=O)[C@H](C)N(C)C(=O)O)C1. The normalized spacial score (nSPS) is 17.8. The Kier molecular flexibility index (Phi) is 9.39. The molecule has 192 valence electrons. The molecular formula is C25H32FN7O3. The van der Waals surface area contributed by atoms with Crippen LogP contribution in [0.25, 0.3) is 0 Å². The number of halogens is 1. The lowest BCUT2D eigenvalue weighted by Gasteiger charge is -2.29. The molecule has 0 aromatic carbocycles. The summed E-state index contributed by atoms with van der Waals surface area (Å²) in [4.78, 5) is 37.0. The third-order valence-corrected chi connectivity index (χ3v) is 6.01. The van der Waals surface area contributed by atoms with Gasteiger partial charge in [0, 0.05) is 43.5 Å². The summed E-state index contributed by atoms with van der Waals surface area (Å²) in [5.74, 6) is 6.55. The van der Waals surface area contributed by atoms with Crippen LogP contribution in [0.4, 0.5) is 26.6 Å². The maximum atomic E-state index is 13.4. The number of amides is 2. The molecule has 0 radical (unpaired) electrons. The highest BCUT2D eigenvalue weighted by Crippen LogP contribution is 2.25. The smallest absolute Gasteiger partial charge is 0.407 e. The number of carbonyl (C=O) groups excluding carboxylic acids is 1. The molecule has 2 aromatic rings. The molecule has 2 aromatic heterocycles. The zero-order chi connectivity index (χ0) is 26.1. The molecule has 11 heteroatoms. The van der Waals surface area contributed by atoms with Crippen LogP contribution in [0.5, 0.6) is 0 Å². The van der Waals surface area contributed by atoms with Crippen LogP contribution in [-0.4, -0.2) is 62.6 Å². The number of anilines is 3. The van der Waals surface area contributed by atoms with Crippen molar-refractivity contribution < 1.29 is 19.1 Å². The highest BCUT2D eigenvalue weighted by Gasteiger charge is 2.27. The van der Waals surface area contributed by atoms with Gasteiger partial charge in [0.2, 0.25) is 17.8 Å². The number of hydrogen-bond donors (Lipinski definition) is 4. The largest absolute Gasteiger partial charge is 0.465 e. The minimum atomic E-state index is -1.14. The first-order chi connectivity index (χ1) is 17.3. The number of likely N-dealkylation sites (N-methyl/N-ethyl adjacent to an activating group) is 1. The van der Waals surface area contributed by atoms with E-state index in [4.69, 9.17) is 5.11 Å². The van der Waals surface area contributed by atoms with Crippen molar-refractivity contribution in [2.75, 3.05) is 24.2 Å². The lowest BCUT2D eigenvalue weighted by atomic mass is 9.86. The molecule has 0 spiro atoms. The number of aromatic nitrogens is 3. The van der Waals surface area contributed by atoms with Gasteiger partial charge in [0.25, 0.3) is 0 Å². The van der Waals surface area contributed by atoms with E-state index < -0.39 is 18.1 Å². The summed E-state index contributed by atoms with van der Waals surface area (Å²) in [6, 6.07) is 2.05. The van der Waals surface area contributed by atoms with Crippen LogP contribution in [-0.2, 0) is 4.79 Å². The third-order valence-electron chi connectivity index (χ3n) is 6.01. The first kappa shape index (κ1) is 26.7. The van der Waals surface area contributed by atoms with Gasteiger partial charge in [-0.3, -0.25) is 9.69 Å². The van der Waals surface area contributed by atoms with Gasteiger partial charge in [0.05, 0.1) is 11.8 Å². The molecule has 0 unspecified atom stereocenters. The van der Waals surface area contributed by atoms with E-state index in [0.29, 0.717) is 36.0 Å². The zero-order valence-corrected chi connectivity index (χ0v) is 20.7. The van der Waals surface area contributed by atoms with E-state index in [9.17, 15) is 14.0 Å². The van der Waals surface area contributed by atoms with E-state index >= 15 is 0 Å². The second kappa shape index (κ2) is 12.7. The molecule has 1 saturated carbocycles. The van der Waals surface area contributed by atoms with Crippen LogP contribution in [0, 0.1) is 23.7 Å². The van der Waals surface area contributed by atoms with E-state index in [1.165, 1.54) is 19.3 Å². The fourth-order valence-corrected chi connectivity index (χ4v) is 3.82. The van der Waals surface area contributed by atoms with Crippen molar-refractivity contribution in [2.45, 2.75) is 58.0 Å². The summed E-state index contributed by atoms with van der Waals surface area (Å²) in [6.07, 6.45) is 6.08. The van der Waals surface area contributed by atoms with Gasteiger partial charge in [-0.1, -0.05) is 25.2 Å². The molecule has 0 saturated heterocycles. The van der Waals surface area contributed by atoms with E-state index in [-0.39, 0.29) is 17.9 Å². The Labute approximate surface area is 210 Å². The molecule has 10 nitrogen and oxygen atoms in total. The predicted octanol–water partition coefficient (Wildman–Crippen LogP) is 3.60. The molecule has 2 heterocycles. The van der Waals surface area contributed by atoms with Crippen molar-refractivity contribution in [1.82, 2.24) is 25.2 Å². The highest BCUT2D eigenvalue weighted by molar-refractivity contribution is 5.85. The fraction of sp³-hybridized carbons (Fsp3) is 0.480. The summed E-state index contributed by atoms with van der Waals surface area (Å²) in [6.45, 7) is 4.32. The molecule has 1 aliphatic carbocycles. The Balaban J connectivity index is 1.68. The Hall–Kier alpha value is -3.94. The third kappa shape index (κ3) is 7.53. The quantitative estimate of drug-likeness (QED) is 0.321. The van der Waals surface area contributed by atoms with Crippen LogP contribution in [0.1, 0.15) is 51.5 Å². The van der Waals surface area contributed by atoms with Gasteiger partial charge >= 0.3 is 6.09 Å². The molecule has 3 atom stereocenters. The maximum absolute atomic E-state index is 13.4. The Bertz CT molecular complexity index is 1130. The highest BCUT2D eigenvalue weighted by atomic mass is 19.1. The van der Waals surface area contributed by atoms with Crippen molar-refractivity contribution in [1.29, 1.82) is 0 Å². The number of carbonyl (C=O) groups is 2.